The molecule has 9 heteroatoms. The molecule has 2 aromatic carbocycles. The number of fused-ring (bicyclic) bond motifs is 1. The predicted molar refractivity (Wildman–Crippen MR) is 106 cm³/mol. The van der Waals surface area contributed by atoms with Crippen LogP contribution in [0.4, 0.5) is 11.4 Å². The Balaban J connectivity index is 1.51. The van der Waals surface area contributed by atoms with Crippen molar-refractivity contribution in [2.24, 2.45) is 0 Å². The summed E-state index contributed by atoms with van der Waals surface area (Å²) < 4.78 is 1.67. The zero-order valence-corrected chi connectivity index (χ0v) is 16.0. The first-order valence-electron chi connectivity index (χ1n) is 8.79. The van der Waals surface area contributed by atoms with Gasteiger partial charge in [0.05, 0.1) is 23.2 Å². The summed E-state index contributed by atoms with van der Waals surface area (Å²) in [6, 6.07) is 17.1. The summed E-state index contributed by atoms with van der Waals surface area (Å²) in [6.07, 6.45) is 0. The number of hydrogen-bond acceptors (Lipinski definition) is 6. The van der Waals surface area contributed by atoms with E-state index in [1.165, 1.54) is 16.7 Å². The van der Waals surface area contributed by atoms with Crippen molar-refractivity contribution in [1.82, 2.24) is 20.2 Å². The van der Waals surface area contributed by atoms with Crippen molar-refractivity contribution in [2.45, 2.75) is 23.9 Å². The SMILES string of the molecule is C[C@@H](Sc1nnnn1Cc1ccccc1)C(=O)N1CC(=O)Nc2ccccc21. The van der Waals surface area contributed by atoms with Crippen LogP contribution in [0, 0.1) is 0 Å². The molecule has 1 aliphatic heterocycles. The Kier molecular flexibility index (Phi) is 5.07. The summed E-state index contributed by atoms with van der Waals surface area (Å²) in [5.41, 5.74) is 2.40. The van der Waals surface area contributed by atoms with Crippen LogP contribution in [-0.4, -0.2) is 43.8 Å². The maximum Gasteiger partial charge on any atom is 0.244 e. The van der Waals surface area contributed by atoms with Crippen LogP contribution in [0.2, 0.25) is 0 Å². The summed E-state index contributed by atoms with van der Waals surface area (Å²) >= 11 is 1.28. The predicted octanol–water partition coefficient (Wildman–Crippen LogP) is 2.19. The number of para-hydroxylation sites is 2. The van der Waals surface area contributed by atoms with E-state index in [1.54, 1.807) is 17.7 Å². The first-order chi connectivity index (χ1) is 13.6. The van der Waals surface area contributed by atoms with E-state index in [9.17, 15) is 9.59 Å². The van der Waals surface area contributed by atoms with Crippen LogP contribution >= 0.6 is 11.8 Å². The van der Waals surface area contributed by atoms with Gasteiger partial charge in [-0.15, -0.1) is 5.10 Å². The number of hydrogen-bond donors (Lipinski definition) is 1. The molecule has 0 saturated carbocycles. The lowest BCUT2D eigenvalue weighted by Crippen LogP contribution is -2.45. The van der Waals surface area contributed by atoms with E-state index in [1.807, 2.05) is 48.5 Å². The maximum atomic E-state index is 13.0. The zero-order chi connectivity index (χ0) is 19.5. The fraction of sp³-hybridized carbons (Fsp3) is 0.211. The van der Waals surface area contributed by atoms with Gasteiger partial charge in [0.1, 0.15) is 6.54 Å². The van der Waals surface area contributed by atoms with Crippen molar-refractivity contribution in [2.75, 3.05) is 16.8 Å². The molecule has 1 atom stereocenters. The molecule has 1 aromatic heterocycles. The van der Waals surface area contributed by atoms with Crippen molar-refractivity contribution < 1.29 is 9.59 Å². The van der Waals surface area contributed by atoms with Crippen LogP contribution in [0.25, 0.3) is 0 Å². The van der Waals surface area contributed by atoms with Gasteiger partial charge in [-0.3, -0.25) is 14.5 Å². The molecule has 3 aromatic rings. The topological polar surface area (TPSA) is 93.0 Å². The summed E-state index contributed by atoms with van der Waals surface area (Å²) in [5.74, 6) is -0.375. The van der Waals surface area contributed by atoms with Crippen LogP contribution < -0.4 is 10.2 Å². The van der Waals surface area contributed by atoms with Gasteiger partial charge in [-0.25, -0.2) is 4.68 Å². The van der Waals surface area contributed by atoms with Crippen molar-refractivity contribution in [3.63, 3.8) is 0 Å². The van der Waals surface area contributed by atoms with Gasteiger partial charge in [0, 0.05) is 0 Å². The molecule has 1 N–H and O–H groups in total. The fourth-order valence-electron chi connectivity index (χ4n) is 2.99. The van der Waals surface area contributed by atoms with Gasteiger partial charge >= 0.3 is 0 Å². The van der Waals surface area contributed by atoms with E-state index >= 15 is 0 Å². The molecule has 142 valence electrons. The van der Waals surface area contributed by atoms with Gasteiger partial charge in [0.25, 0.3) is 0 Å². The van der Waals surface area contributed by atoms with Crippen LogP contribution in [0.15, 0.2) is 59.8 Å². The molecule has 0 bridgehead atoms. The van der Waals surface area contributed by atoms with Gasteiger partial charge < -0.3 is 5.32 Å². The van der Waals surface area contributed by atoms with Crippen molar-refractivity contribution in [3.8, 4) is 0 Å². The second-order valence-corrected chi connectivity index (χ2v) is 7.66. The van der Waals surface area contributed by atoms with Crippen LogP contribution in [0.3, 0.4) is 0 Å². The number of amides is 2. The average Bonchev–Trinajstić information content (AvgIpc) is 3.14. The lowest BCUT2D eigenvalue weighted by molar-refractivity contribution is -0.121. The standard InChI is InChI=1S/C19H18N6O2S/c1-13(18(27)24-12-17(26)20-15-9-5-6-10-16(15)24)28-19-21-22-23-25(19)11-14-7-3-2-4-8-14/h2-10,13H,11-12H2,1H3,(H,20,26)/t13-/m1/s1. The molecule has 0 radical (unpaired) electrons. The normalized spacial score (nSPS) is 14.3. The Bertz CT molecular complexity index is 1010. The number of rotatable bonds is 5. The van der Waals surface area contributed by atoms with Crippen LogP contribution in [-0.2, 0) is 16.1 Å². The minimum absolute atomic E-state index is 0.00426. The molecule has 0 unspecified atom stereocenters. The number of carbonyl (C=O) groups is 2. The summed E-state index contributed by atoms with van der Waals surface area (Å²) in [4.78, 5) is 26.5. The average molecular weight is 394 g/mol. The minimum atomic E-state index is -0.459. The second-order valence-electron chi connectivity index (χ2n) is 6.35. The maximum absolute atomic E-state index is 13.0. The molecular formula is C19H18N6O2S. The Labute approximate surface area is 165 Å². The van der Waals surface area contributed by atoms with E-state index in [0.29, 0.717) is 23.1 Å². The molecule has 0 fully saturated rings. The molecule has 2 amide bonds. The molecule has 2 heterocycles. The number of tetrazole rings is 1. The number of thioether (sulfide) groups is 1. The third kappa shape index (κ3) is 3.74. The number of anilines is 2. The number of nitrogens with one attached hydrogen (secondary N) is 1. The Morgan fingerprint density at radius 2 is 1.93 bits per heavy atom. The van der Waals surface area contributed by atoms with E-state index in [0.717, 1.165) is 5.56 Å². The molecule has 0 aliphatic carbocycles. The zero-order valence-electron chi connectivity index (χ0n) is 15.1. The number of nitrogens with zero attached hydrogens (tertiary/aromatic N) is 5. The quantitative estimate of drug-likeness (QED) is 0.667. The second kappa shape index (κ2) is 7.81. The Morgan fingerprint density at radius 3 is 2.75 bits per heavy atom. The highest BCUT2D eigenvalue weighted by Gasteiger charge is 2.30. The van der Waals surface area contributed by atoms with Crippen molar-refractivity contribution in [3.05, 3.63) is 60.2 Å². The molecule has 0 spiro atoms. The van der Waals surface area contributed by atoms with E-state index in [-0.39, 0.29) is 18.4 Å². The fourth-order valence-corrected chi connectivity index (χ4v) is 3.84. The monoisotopic (exact) mass is 394 g/mol. The molecular weight excluding hydrogens is 376 g/mol. The van der Waals surface area contributed by atoms with E-state index in [2.05, 4.69) is 20.8 Å². The highest BCUT2D eigenvalue weighted by atomic mass is 32.2. The van der Waals surface area contributed by atoms with Gasteiger partial charge in [-0.05, 0) is 35.0 Å². The van der Waals surface area contributed by atoms with Gasteiger partial charge in [-0.1, -0.05) is 54.2 Å². The molecule has 8 nitrogen and oxygen atoms in total. The van der Waals surface area contributed by atoms with Crippen molar-refractivity contribution in [1.29, 1.82) is 0 Å². The molecule has 1 aliphatic rings. The lowest BCUT2D eigenvalue weighted by Gasteiger charge is -2.30. The number of carbonyl (C=O) groups excluding carboxylic acids is 2. The smallest absolute Gasteiger partial charge is 0.244 e. The first kappa shape index (κ1) is 18.2. The highest BCUT2D eigenvalue weighted by molar-refractivity contribution is 8.00. The first-order valence-corrected chi connectivity index (χ1v) is 9.67. The van der Waals surface area contributed by atoms with Gasteiger partial charge in [0.15, 0.2) is 0 Å². The summed E-state index contributed by atoms with van der Waals surface area (Å²) in [6.45, 7) is 2.31. The largest absolute Gasteiger partial charge is 0.323 e. The van der Waals surface area contributed by atoms with Gasteiger partial charge in [0.2, 0.25) is 17.0 Å². The van der Waals surface area contributed by atoms with E-state index < -0.39 is 5.25 Å². The van der Waals surface area contributed by atoms with Gasteiger partial charge in [-0.2, -0.15) is 0 Å². The Morgan fingerprint density at radius 1 is 1.18 bits per heavy atom. The molecule has 4 rings (SSSR count). The molecule has 28 heavy (non-hydrogen) atoms. The number of benzene rings is 2. The third-order valence-electron chi connectivity index (χ3n) is 4.34. The van der Waals surface area contributed by atoms with Crippen LogP contribution in [0.5, 0.6) is 0 Å². The van der Waals surface area contributed by atoms with Crippen LogP contribution in [0.1, 0.15) is 12.5 Å². The van der Waals surface area contributed by atoms with Crippen molar-refractivity contribution >= 4 is 35.0 Å². The third-order valence-corrected chi connectivity index (χ3v) is 5.40. The highest BCUT2D eigenvalue weighted by Crippen LogP contribution is 2.31. The Hall–Kier alpha value is -3.20. The minimum Gasteiger partial charge on any atom is -0.323 e. The summed E-state index contributed by atoms with van der Waals surface area (Å²) in [5, 5.41) is 14.7. The summed E-state index contributed by atoms with van der Waals surface area (Å²) in [7, 11) is 0. The molecule has 0 saturated heterocycles. The van der Waals surface area contributed by atoms with E-state index in [4.69, 9.17) is 0 Å². The number of aromatic nitrogens is 4. The lowest BCUT2D eigenvalue weighted by atomic mass is 10.2.